The van der Waals surface area contributed by atoms with Gasteiger partial charge in [0.15, 0.2) is 0 Å². The lowest BCUT2D eigenvalue weighted by atomic mass is 10.1. The number of nitrogens with zero attached hydrogens (tertiary/aromatic N) is 1. The Morgan fingerprint density at radius 2 is 1.96 bits per heavy atom. The van der Waals surface area contributed by atoms with Gasteiger partial charge in [0.25, 0.3) is 11.5 Å². The molecule has 3 aromatic rings. The molecule has 27 heavy (non-hydrogen) atoms. The van der Waals surface area contributed by atoms with Crippen molar-refractivity contribution in [2.45, 2.75) is 25.8 Å². The van der Waals surface area contributed by atoms with Crippen LogP contribution in [-0.4, -0.2) is 28.7 Å². The highest BCUT2D eigenvalue weighted by Gasteiger charge is 2.24. The summed E-state index contributed by atoms with van der Waals surface area (Å²) in [5.41, 5.74) is 1.34. The van der Waals surface area contributed by atoms with Crippen molar-refractivity contribution in [1.82, 2.24) is 9.88 Å². The third-order valence-electron chi connectivity index (χ3n) is 4.84. The van der Waals surface area contributed by atoms with E-state index < -0.39 is 0 Å². The van der Waals surface area contributed by atoms with E-state index >= 15 is 0 Å². The quantitative estimate of drug-likeness (QED) is 0.746. The third kappa shape index (κ3) is 3.14. The smallest absolute Gasteiger partial charge is 0.258 e. The summed E-state index contributed by atoms with van der Waals surface area (Å²) in [4.78, 5) is 25.1. The molecule has 0 atom stereocenters. The van der Waals surface area contributed by atoms with E-state index in [9.17, 15) is 14.7 Å². The highest BCUT2D eigenvalue weighted by atomic mass is 16.5. The van der Waals surface area contributed by atoms with Crippen LogP contribution in [0.3, 0.4) is 0 Å². The van der Waals surface area contributed by atoms with Gasteiger partial charge in [-0.3, -0.25) is 9.59 Å². The lowest BCUT2D eigenvalue weighted by Gasteiger charge is -2.15. The molecule has 1 fully saturated rings. The van der Waals surface area contributed by atoms with Gasteiger partial charge in [0.05, 0.1) is 12.8 Å². The van der Waals surface area contributed by atoms with Gasteiger partial charge in [-0.1, -0.05) is 12.1 Å². The number of hydrogen-bond donors (Lipinski definition) is 2. The monoisotopic (exact) mass is 364 g/mol. The van der Waals surface area contributed by atoms with Crippen LogP contribution in [0.25, 0.3) is 16.5 Å². The molecule has 2 aromatic carbocycles. The maximum absolute atomic E-state index is 12.7. The molecule has 1 aromatic heterocycles. The number of hydrogen-bond acceptors (Lipinski definition) is 4. The Balaban J connectivity index is 1.88. The first-order valence-corrected chi connectivity index (χ1v) is 8.82. The Kier molecular flexibility index (Phi) is 4.11. The van der Waals surface area contributed by atoms with Crippen LogP contribution in [-0.2, 0) is 0 Å². The molecule has 4 rings (SSSR count). The molecule has 0 saturated heterocycles. The predicted molar refractivity (Wildman–Crippen MR) is 103 cm³/mol. The highest BCUT2D eigenvalue weighted by molar-refractivity contribution is 5.95. The first kappa shape index (κ1) is 17.1. The van der Waals surface area contributed by atoms with Crippen molar-refractivity contribution in [2.75, 3.05) is 7.11 Å². The van der Waals surface area contributed by atoms with E-state index in [0.29, 0.717) is 27.8 Å². The van der Waals surface area contributed by atoms with Crippen LogP contribution in [0.4, 0.5) is 0 Å². The van der Waals surface area contributed by atoms with Gasteiger partial charge in [0.1, 0.15) is 5.75 Å². The minimum atomic E-state index is -0.368. The number of aromatic nitrogens is 1. The van der Waals surface area contributed by atoms with Gasteiger partial charge in [0, 0.05) is 23.1 Å². The van der Waals surface area contributed by atoms with E-state index in [-0.39, 0.29) is 23.4 Å². The number of pyridine rings is 1. The largest absolute Gasteiger partial charge is 0.497 e. The van der Waals surface area contributed by atoms with Crippen molar-refractivity contribution in [3.8, 4) is 17.3 Å². The van der Waals surface area contributed by atoms with Crippen LogP contribution in [0, 0.1) is 6.92 Å². The Labute approximate surface area is 156 Å². The van der Waals surface area contributed by atoms with Crippen molar-refractivity contribution in [3.63, 3.8) is 0 Å². The van der Waals surface area contributed by atoms with Gasteiger partial charge >= 0.3 is 0 Å². The number of carbonyl (C=O) groups is 1. The van der Waals surface area contributed by atoms with Crippen LogP contribution in [0.15, 0.2) is 47.3 Å². The van der Waals surface area contributed by atoms with E-state index in [0.717, 1.165) is 18.4 Å². The summed E-state index contributed by atoms with van der Waals surface area (Å²) >= 11 is 0. The van der Waals surface area contributed by atoms with Crippen molar-refractivity contribution in [2.24, 2.45) is 0 Å². The fraction of sp³-hybridized carbons (Fsp3) is 0.238. The van der Waals surface area contributed by atoms with Gasteiger partial charge in [0.2, 0.25) is 5.88 Å². The number of rotatable bonds is 4. The van der Waals surface area contributed by atoms with Crippen LogP contribution in [0.1, 0.15) is 28.8 Å². The average Bonchev–Trinajstić information content (AvgIpc) is 3.47. The summed E-state index contributed by atoms with van der Waals surface area (Å²) in [5, 5.41) is 14.9. The Morgan fingerprint density at radius 3 is 2.67 bits per heavy atom. The molecule has 1 heterocycles. The topological polar surface area (TPSA) is 80.6 Å². The molecule has 1 aliphatic carbocycles. The SMILES string of the molecule is COc1ccc2cc(=O)n(-c3cc(C(=O)NC4CC4)ccc3C)c(O)c2c1. The van der Waals surface area contributed by atoms with Gasteiger partial charge in [-0.2, -0.15) is 0 Å². The minimum absolute atomic E-state index is 0.172. The highest BCUT2D eigenvalue weighted by Crippen LogP contribution is 2.30. The molecular weight excluding hydrogens is 344 g/mol. The van der Waals surface area contributed by atoms with Crippen LogP contribution >= 0.6 is 0 Å². The van der Waals surface area contributed by atoms with Crippen molar-refractivity contribution < 1.29 is 14.6 Å². The number of carbonyl (C=O) groups excluding carboxylic acids is 1. The fourth-order valence-electron chi connectivity index (χ4n) is 3.13. The Morgan fingerprint density at radius 1 is 1.19 bits per heavy atom. The number of aryl methyl sites for hydroxylation is 1. The second kappa shape index (κ2) is 6.46. The third-order valence-corrected chi connectivity index (χ3v) is 4.84. The maximum atomic E-state index is 12.7. The Hall–Kier alpha value is -3.28. The van der Waals surface area contributed by atoms with E-state index in [4.69, 9.17) is 4.74 Å². The number of nitrogens with one attached hydrogen (secondary N) is 1. The molecule has 0 spiro atoms. The summed E-state index contributed by atoms with van der Waals surface area (Å²) in [6.45, 7) is 1.83. The normalized spacial score (nSPS) is 13.6. The van der Waals surface area contributed by atoms with Crippen LogP contribution in [0.5, 0.6) is 11.6 Å². The van der Waals surface area contributed by atoms with Crippen molar-refractivity contribution in [3.05, 3.63) is 63.9 Å². The summed E-state index contributed by atoms with van der Waals surface area (Å²) in [7, 11) is 1.54. The number of methoxy groups -OCH3 is 1. The maximum Gasteiger partial charge on any atom is 0.258 e. The summed E-state index contributed by atoms with van der Waals surface area (Å²) in [6.07, 6.45) is 1.99. The number of benzene rings is 2. The number of ether oxygens (including phenoxy) is 1. The molecular formula is C21H20N2O4. The number of aromatic hydroxyl groups is 1. The van der Waals surface area contributed by atoms with Gasteiger partial charge in [-0.05, 0) is 55.0 Å². The molecule has 1 aliphatic rings. The molecule has 6 nitrogen and oxygen atoms in total. The van der Waals surface area contributed by atoms with E-state index in [2.05, 4.69) is 5.32 Å². The molecule has 0 bridgehead atoms. The second-order valence-electron chi connectivity index (χ2n) is 6.84. The minimum Gasteiger partial charge on any atom is -0.497 e. The lowest BCUT2D eigenvalue weighted by molar-refractivity contribution is 0.0951. The van der Waals surface area contributed by atoms with Crippen LogP contribution < -0.4 is 15.6 Å². The average molecular weight is 364 g/mol. The zero-order chi connectivity index (χ0) is 19.1. The van der Waals surface area contributed by atoms with E-state index in [1.165, 1.54) is 10.6 Å². The van der Waals surface area contributed by atoms with Gasteiger partial charge < -0.3 is 15.2 Å². The molecule has 0 aliphatic heterocycles. The molecule has 138 valence electrons. The van der Waals surface area contributed by atoms with Gasteiger partial charge in [-0.15, -0.1) is 0 Å². The first-order chi connectivity index (χ1) is 13.0. The standard InChI is InChI=1S/C21H20N2O4/c1-12-3-4-14(20(25)22-15-6-7-15)9-18(12)23-19(24)10-13-5-8-16(27-2)11-17(13)21(23)26/h3-5,8-11,15,26H,6-7H2,1-2H3,(H,22,25). The van der Waals surface area contributed by atoms with E-state index in [1.807, 2.05) is 6.92 Å². The molecule has 0 radical (unpaired) electrons. The summed E-state index contributed by atoms with van der Waals surface area (Å²) in [6, 6.07) is 12.0. The Bertz CT molecular complexity index is 1110. The summed E-state index contributed by atoms with van der Waals surface area (Å²) in [5.74, 6) is 0.227. The molecule has 2 N–H and O–H groups in total. The molecule has 0 unspecified atom stereocenters. The van der Waals surface area contributed by atoms with Crippen LogP contribution in [0.2, 0.25) is 0 Å². The molecule has 6 heteroatoms. The van der Waals surface area contributed by atoms with Gasteiger partial charge in [-0.25, -0.2) is 4.57 Å². The van der Waals surface area contributed by atoms with Crippen molar-refractivity contribution in [1.29, 1.82) is 0 Å². The predicted octanol–water partition coefficient (Wildman–Crippen LogP) is 2.91. The second-order valence-corrected chi connectivity index (χ2v) is 6.84. The number of fused-ring (bicyclic) bond motifs is 1. The zero-order valence-electron chi connectivity index (χ0n) is 15.2. The lowest BCUT2D eigenvalue weighted by Crippen LogP contribution is -2.26. The van der Waals surface area contributed by atoms with Crippen molar-refractivity contribution >= 4 is 16.7 Å². The first-order valence-electron chi connectivity index (χ1n) is 8.82. The molecule has 1 saturated carbocycles. The zero-order valence-corrected chi connectivity index (χ0v) is 15.2. The van der Waals surface area contributed by atoms with E-state index in [1.54, 1.807) is 43.5 Å². The number of amides is 1. The summed E-state index contributed by atoms with van der Waals surface area (Å²) < 4.78 is 6.45. The fourth-order valence-corrected chi connectivity index (χ4v) is 3.13. The molecule has 1 amide bonds.